The van der Waals surface area contributed by atoms with Crippen LogP contribution < -0.4 is 4.90 Å². The van der Waals surface area contributed by atoms with Gasteiger partial charge in [-0.25, -0.2) is 0 Å². The normalized spacial score (nSPS) is 28.7. The SMILES string of the molecule is CN(C(=O)C1CCC(OCC2CCCO2)CC1)c1ccon1. The van der Waals surface area contributed by atoms with Gasteiger partial charge >= 0.3 is 0 Å². The van der Waals surface area contributed by atoms with E-state index >= 15 is 0 Å². The molecule has 2 fully saturated rings. The average Bonchev–Trinajstić information content (AvgIpc) is 3.25. The first kappa shape index (κ1) is 15.5. The highest BCUT2D eigenvalue weighted by atomic mass is 16.5. The molecule has 1 aromatic heterocycles. The Kier molecular flexibility index (Phi) is 5.10. The van der Waals surface area contributed by atoms with Crippen molar-refractivity contribution in [2.24, 2.45) is 5.92 Å². The topological polar surface area (TPSA) is 64.8 Å². The van der Waals surface area contributed by atoms with E-state index in [1.54, 1.807) is 18.0 Å². The van der Waals surface area contributed by atoms with Crippen molar-refractivity contribution >= 4 is 11.7 Å². The molecule has 6 nitrogen and oxygen atoms in total. The van der Waals surface area contributed by atoms with Gasteiger partial charge in [0.25, 0.3) is 0 Å². The molecule has 0 aromatic carbocycles. The van der Waals surface area contributed by atoms with Crippen LogP contribution in [0.4, 0.5) is 5.82 Å². The van der Waals surface area contributed by atoms with Gasteiger partial charge in [0.15, 0.2) is 5.82 Å². The van der Waals surface area contributed by atoms with Crippen LogP contribution in [-0.4, -0.2) is 43.5 Å². The molecule has 1 saturated carbocycles. The molecule has 1 aliphatic carbocycles. The summed E-state index contributed by atoms with van der Waals surface area (Å²) in [6, 6.07) is 1.70. The zero-order valence-electron chi connectivity index (χ0n) is 13.1. The van der Waals surface area contributed by atoms with Crippen molar-refractivity contribution in [1.82, 2.24) is 5.16 Å². The Labute approximate surface area is 130 Å². The lowest BCUT2D eigenvalue weighted by Gasteiger charge is -2.30. The molecule has 1 aliphatic heterocycles. The maximum atomic E-state index is 12.5. The Morgan fingerprint density at radius 1 is 1.36 bits per heavy atom. The Hall–Kier alpha value is -1.40. The fourth-order valence-electron chi connectivity index (χ4n) is 3.26. The lowest BCUT2D eigenvalue weighted by molar-refractivity contribution is -0.124. The average molecular weight is 308 g/mol. The van der Waals surface area contributed by atoms with Crippen LogP contribution in [0.2, 0.25) is 0 Å². The van der Waals surface area contributed by atoms with Crippen molar-refractivity contribution in [1.29, 1.82) is 0 Å². The Bertz CT molecular complexity index is 463. The molecular weight excluding hydrogens is 284 g/mol. The third-order valence-corrected chi connectivity index (χ3v) is 4.66. The first-order chi connectivity index (χ1) is 10.7. The fraction of sp³-hybridized carbons (Fsp3) is 0.750. The van der Waals surface area contributed by atoms with Gasteiger partial charge in [-0.1, -0.05) is 5.16 Å². The standard InChI is InChI=1S/C16H24N2O4/c1-18(15-8-10-22-17-15)16(19)12-4-6-13(7-5-12)21-11-14-3-2-9-20-14/h8,10,12-14H,2-7,9,11H2,1H3. The molecule has 2 aliphatic rings. The van der Waals surface area contributed by atoms with Crippen LogP contribution in [0.3, 0.4) is 0 Å². The molecule has 22 heavy (non-hydrogen) atoms. The largest absolute Gasteiger partial charge is 0.376 e. The van der Waals surface area contributed by atoms with Crippen LogP contribution in [0.25, 0.3) is 0 Å². The molecule has 2 heterocycles. The van der Waals surface area contributed by atoms with E-state index in [1.807, 2.05) is 0 Å². The number of carbonyl (C=O) groups is 1. The van der Waals surface area contributed by atoms with Gasteiger partial charge in [0.2, 0.25) is 5.91 Å². The van der Waals surface area contributed by atoms with Gasteiger partial charge in [0.05, 0.1) is 18.8 Å². The first-order valence-corrected chi connectivity index (χ1v) is 8.15. The minimum atomic E-state index is 0.0595. The maximum absolute atomic E-state index is 12.5. The summed E-state index contributed by atoms with van der Waals surface area (Å²) in [5, 5.41) is 3.81. The van der Waals surface area contributed by atoms with Gasteiger partial charge in [0.1, 0.15) is 6.26 Å². The molecule has 0 bridgehead atoms. The number of nitrogens with zero attached hydrogens (tertiary/aromatic N) is 2. The molecule has 1 unspecified atom stereocenters. The lowest BCUT2D eigenvalue weighted by atomic mass is 9.86. The summed E-state index contributed by atoms with van der Waals surface area (Å²) in [5.41, 5.74) is 0. The molecule has 1 saturated heterocycles. The highest BCUT2D eigenvalue weighted by Gasteiger charge is 2.30. The van der Waals surface area contributed by atoms with Crippen LogP contribution >= 0.6 is 0 Å². The molecule has 1 atom stereocenters. The third kappa shape index (κ3) is 3.67. The molecule has 0 N–H and O–H groups in total. The second-order valence-electron chi connectivity index (χ2n) is 6.20. The number of hydrogen-bond donors (Lipinski definition) is 0. The van der Waals surface area contributed by atoms with Crippen LogP contribution in [0.15, 0.2) is 16.9 Å². The molecule has 6 heteroatoms. The lowest BCUT2D eigenvalue weighted by Crippen LogP contribution is -2.36. The molecular formula is C16H24N2O4. The predicted molar refractivity (Wildman–Crippen MR) is 80.6 cm³/mol. The number of aromatic nitrogens is 1. The second-order valence-corrected chi connectivity index (χ2v) is 6.20. The Morgan fingerprint density at radius 3 is 2.82 bits per heavy atom. The van der Waals surface area contributed by atoms with Gasteiger partial charge in [-0.15, -0.1) is 0 Å². The van der Waals surface area contributed by atoms with E-state index in [-0.39, 0.29) is 24.0 Å². The van der Waals surface area contributed by atoms with Crippen molar-refractivity contribution in [3.63, 3.8) is 0 Å². The highest BCUT2D eigenvalue weighted by Crippen LogP contribution is 2.29. The first-order valence-electron chi connectivity index (χ1n) is 8.15. The van der Waals surface area contributed by atoms with E-state index in [9.17, 15) is 4.79 Å². The summed E-state index contributed by atoms with van der Waals surface area (Å²) < 4.78 is 16.3. The van der Waals surface area contributed by atoms with Gasteiger partial charge in [0, 0.05) is 25.6 Å². The molecule has 122 valence electrons. The molecule has 1 aromatic rings. The number of ether oxygens (including phenoxy) is 2. The van der Waals surface area contributed by atoms with Crippen LogP contribution in [-0.2, 0) is 14.3 Å². The van der Waals surface area contributed by atoms with Crippen molar-refractivity contribution in [2.75, 3.05) is 25.2 Å². The van der Waals surface area contributed by atoms with Gasteiger partial charge in [-0.3, -0.25) is 9.69 Å². The van der Waals surface area contributed by atoms with Crippen molar-refractivity contribution in [2.45, 2.75) is 50.7 Å². The van der Waals surface area contributed by atoms with Crippen LogP contribution in [0, 0.1) is 5.92 Å². The number of hydrogen-bond acceptors (Lipinski definition) is 5. The van der Waals surface area contributed by atoms with E-state index in [4.69, 9.17) is 14.0 Å². The summed E-state index contributed by atoms with van der Waals surface area (Å²) in [4.78, 5) is 14.0. The third-order valence-electron chi connectivity index (χ3n) is 4.66. The van der Waals surface area contributed by atoms with Gasteiger partial charge in [-0.2, -0.15) is 0 Å². The number of rotatable bonds is 5. The monoisotopic (exact) mass is 308 g/mol. The smallest absolute Gasteiger partial charge is 0.231 e. The zero-order valence-corrected chi connectivity index (χ0v) is 13.1. The molecule has 0 radical (unpaired) electrons. The van der Waals surface area contributed by atoms with E-state index in [2.05, 4.69) is 5.16 Å². The second kappa shape index (κ2) is 7.24. The van der Waals surface area contributed by atoms with Crippen LogP contribution in [0.1, 0.15) is 38.5 Å². The van der Waals surface area contributed by atoms with E-state index in [0.717, 1.165) is 45.1 Å². The summed E-state index contributed by atoms with van der Waals surface area (Å²) >= 11 is 0. The van der Waals surface area contributed by atoms with Crippen molar-refractivity contribution in [3.8, 4) is 0 Å². The van der Waals surface area contributed by atoms with E-state index in [0.29, 0.717) is 12.4 Å². The highest BCUT2D eigenvalue weighted by molar-refractivity contribution is 5.93. The summed E-state index contributed by atoms with van der Waals surface area (Å²) in [5.74, 6) is 0.748. The fourth-order valence-corrected chi connectivity index (χ4v) is 3.26. The zero-order chi connectivity index (χ0) is 15.4. The van der Waals surface area contributed by atoms with Gasteiger partial charge in [-0.05, 0) is 38.5 Å². The predicted octanol–water partition coefficient (Wildman–Crippen LogP) is 2.39. The molecule has 0 spiro atoms. The van der Waals surface area contributed by atoms with Crippen molar-refractivity contribution < 1.29 is 18.8 Å². The minimum absolute atomic E-state index is 0.0595. The maximum Gasteiger partial charge on any atom is 0.231 e. The molecule has 3 rings (SSSR count). The number of carbonyl (C=O) groups excluding carboxylic acids is 1. The number of anilines is 1. The van der Waals surface area contributed by atoms with E-state index in [1.165, 1.54) is 6.26 Å². The Morgan fingerprint density at radius 2 is 2.18 bits per heavy atom. The summed E-state index contributed by atoms with van der Waals surface area (Å²) in [7, 11) is 1.75. The minimum Gasteiger partial charge on any atom is -0.376 e. The molecule has 1 amide bonds. The Balaban J connectivity index is 1.42. The summed E-state index contributed by atoms with van der Waals surface area (Å²) in [6.45, 7) is 1.56. The van der Waals surface area contributed by atoms with E-state index < -0.39 is 0 Å². The van der Waals surface area contributed by atoms with Crippen molar-refractivity contribution in [3.05, 3.63) is 12.3 Å². The summed E-state index contributed by atoms with van der Waals surface area (Å²) in [6.07, 6.45) is 7.90. The quantitative estimate of drug-likeness (QED) is 0.835. The number of amides is 1. The van der Waals surface area contributed by atoms with Gasteiger partial charge < -0.3 is 14.0 Å². The van der Waals surface area contributed by atoms with Crippen LogP contribution in [0.5, 0.6) is 0 Å².